The third kappa shape index (κ3) is 25.7. The zero-order chi connectivity index (χ0) is 66.0. The smallest absolute Gasteiger partial charge is 0.326 e. The maximum absolute atomic E-state index is 14.5. The van der Waals surface area contributed by atoms with Crippen LogP contribution in [-0.4, -0.2) is 208 Å². The van der Waals surface area contributed by atoms with Gasteiger partial charge in [0.2, 0.25) is 59.1 Å². The van der Waals surface area contributed by atoms with Gasteiger partial charge in [-0.2, -0.15) is 11.8 Å². The van der Waals surface area contributed by atoms with Gasteiger partial charge in [0.1, 0.15) is 73.0 Å². The standard InChI is InChI=1S/C56H105N17O13S/c1-12-34(64-49(80)41(30(6)7)69-47(78)38-19-15-24-72(38)52(83)36(17-13-22-62-55(58)59)66-44(75)33(57)27-28(2)3)45(76)65-35(21-26-87-11)46(77)68-40(29(4)5)50(81)67-37(18-14-23-63-56(60)61)53(84)73-25-16-20-39(73)48(79)71-43(32(10)74)51(82)70-42(31(8)9)54(85)86/h28-43,55-56,62-63,74H,12-27,57-61H2,1-11H3,(H,64,80)(H,65,76)(H,66,75)(H,67,81)(H,68,77)(H,69,78)(H,70,82)(H,71,79)(H,85,86)/t32-,33+,34+,35+,36+,37+,38+,39+,40+,41+,42+,43+/m1/s1. The van der Waals surface area contributed by atoms with Gasteiger partial charge in [0.15, 0.2) is 0 Å². The van der Waals surface area contributed by atoms with Crippen LogP contribution in [0.3, 0.4) is 0 Å². The molecule has 2 saturated heterocycles. The van der Waals surface area contributed by atoms with Crippen LogP contribution < -0.4 is 81.8 Å². The van der Waals surface area contributed by atoms with E-state index in [1.165, 1.54) is 28.5 Å². The number of likely N-dealkylation sites (tertiary alicyclic amines) is 2. The number of aliphatic hydroxyl groups excluding tert-OH is 1. The number of carboxylic acids is 1. The van der Waals surface area contributed by atoms with Crippen molar-refractivity contribution in [3.63, 3.8) is 0 Å². The Bertz CT molecular complexity index is 2280. The average Bonchev–Trinajstić information content (AvgIpc) is 2.32. The molecule has 22 N–H and O–H groups in total. The second-order valence-corrected chi connectivity index (χ2v) is 25.0. The van der Waals surface area contributed by atoms with Gasteiger partial charge in [0.25, 0.3) is 0 Å². The third-order valence-electron chi connectivity index (χ3n) is 15.1. The van der Waals surface area contributed by atoms with Gasteiger partial charge >= 0.3 is 5.97 Å². The predicted octanol–water partition coefficient (Wildman–Crippen LogP) is -4.04. The van der Waals surface area contributed by atoms with Crippen molar-refractivity contribution in [1.29, 1.82) is 0 Å². The fourth-order valence-electron chi connectivity index (χ4n) is 10.2. The fraction of sp³-hybridized carbons (Fsp3) is 0.804. The predicted molar refractivity (Wildman–Crippen MR) is 328 cm³/mol. The van der Waals surface area contributed by atoms with Crippen molar-refractivity contribution in [2.45, 2.75) is 225 Å². The molecule has 2 rings (SSSR count). The normalized spacial score (nSPS) is 18.7. The number of carbonyl (C=O) groups excluding carboxylic acids is 10. The Morgan fingerprint density at radius 3 is 1.30 bits per heavy atom. The van der Waals surface area contributed by atoms with Gasteiger partial charge in [0.05, 0.1) is 12.1 Å². The van der Waals surface area contributed by atoms with E-state index in [9.17, 15) is 63.0 Å². The highest BCUT2D eigenvalue weighted by molar-refractivity contribution is 7.98. The van der Waals surface area contributed by atoms with Crippen LogP contribution in [0, 0.1) is 23.7 Å². The second kappa shape index (κ2) is 38.6. The molecule has 2 aliphatic heterocycles. The summed E-state index contributed by atoms with van der Waals surface area (Å²) in [4.78, 5) is 155. The monoisotopic (exact) mass is 1260 g/mol. The maximum Gasteiger partial charge on any atom is 0.326 e. The first-order valence-electron chi connectivity index (χ1n) is 30.5. The minimum Gasteiger partial charge on any atom is -0.480 e. The number of thioether (sulfide) groups is 1. The molecule has 0 saturated carbocycles. The molecule has 0 radical (unpaired) electrons. The second-order valence-electron chi connectivity index (χ2n) is 24.0. The highest BCUT2D eigenvalue weighted by Gasteiger charge is 2.43. The van der Waals surface area contributed by atoms with Crippen LogP contribution in [-0.2, 0) is 52.7 Å². The summed E-state index contributed by atoms with van der Waals surface area (Å²) in [7, 11) is 0. The van der Waals surface area contributed by atoms with E-state index >= 15 is 0 Å². The molecule has 31 heteroatoms. The molecule has 87 heavy (non-hydrogen) atoms. The minimum absolute atomic E-state index is 0.00997. The van der Waals surface area contributed by atoms with E-state index in [0.29, 0.717) is 38.0 Å². The summed E-state index contributed by atoms with van der Waals surface area (Å²) < 4.78 is 0. The first-order chi connectivity index (χ1) is 40.8. The summed E-state index contributed by atoms with van der Waals surface area (Å²) in [6.45, 7) is 17.5. The Hall–Kier alpha value is -5.80. The van der Waals surface area contributed by atoms with Crippen molar-refractivity contribution in [2.24, 2.45) is 52.3 Å². The summed E-state index contributed by atoms with van der Waals surface area (Å²) in [5.41, 5.74) is 28.8. The number of aliphatic hydroxyl groups is 1. The zero-order valence-corrected chi connectivity index (χ0v) is 53.6. The maximum atomic E-state index is 14.5. The molecule has 12 atom stereocenters. The highest BCUT2D eigenvalue weighted by atomic mass is 32.2. The number of nitrogens with one attached hydrogen (secondary N) is 10. The van der Waals surface area contributed by atoms with E-state index in [0.717, 1.165) is 0 Å². The summed E-state index contributed by atoms with van der Waals surface area (Å²) >= 11 is 1.39. The van der Waals surface area contributed by atoms with E-state index in [4.69, 9.17) is 28.7 Å². The van der Waals surface area contributed by atoms with Crippen LogP contribution in [0.4, 0.5) is 0 Å². The van der Waals surface area contributed by atoms with Crippen molar-refractivity contribution in [3.05, 3.63) is 0 Å². The number of carbonyl (C=O) groups is 11. The molecule has 2 fully saturated rings. The lowest BCUT2D eigenvalue weighted by Crippen LogP contribution is -2.62. The van der Waals surface area contributed by atoms with Crippen molar-refractivity contribution in [1.82, 2.24) is 63.0 Å². The van der Waals surface area contributed by atoms with Gasteiger partial charge in [-0.25, -0.2) is 4.79 Å². The summed E-state index contributed by atoms with van der Waals surface area (Å²) in [6.07, 6.45) is 1.27. The van der Waals surface area contributed by atoms with E-state index in [-0.39, 0.29) is 70.5 Å². The Kier molecular flexibility index (Phi) is 34.3. The molecular formula is C56H105N17O13S. The topological polar surface area (TPSA) is 485 Å². The number of rotatable bonds is 39. The summed E-state index contributed by atoms with van der Waals surface area (Å²) in [5.74, 6) is -9.42. The number of nitrogens with two attached hydrogens (primary N) is 5. The van der Waals surface area contributed by atoms with Gasteiger partial charge in [-0.05, 0) is 126 Å². The number of hydrogen-bond donors (Lipinski definition) is 17. The largest absolute Gasteiger partial charge is 0.480 e. The lowest BCUT2D eigenvalue weighted by atomic mass is 10.0. The van der Waals surface area contributed by atoms with E-state index in [1.54, 1.807) is 54.7 Å². The van der Waals surface area contributed by atoms with Crippen LogP contribution in [0.1, 0.15) is 140 Å². The average molecular weight is 1260 g/mol. The number of aliphatic carboxylic acids is 1. The van der Waals surface area contributed by atoms with Crippen molar-refractivity contribution < 1.29 is 63.0 Å². The first kappa shape index (κ1) is 77.3. The molecule has 0 aromatic rings. The number of hydrogen-bond acceptors (Lipinski definition) is 20. The van der Waals surface area contributed by atoms with Crippen molar-refractivity contribution in [3.8, 4) is 0 Å². The van der Waals surface area contributed by atoms with Crippen molar-refractivity contribution in [2.75, 3.05) is 38.2 Å². The molecule has 0 aromatic carbocycles. The molecule has 2 aliphatic rings. The van der Waals surface area contributed by atoms with Crippen molar-refractivity contribution >= 4 is 76.8 Å². The van der Waals surface area contributed by atoms with E-state index in [2.05, 4.69) is 53.2 Å². The molecular weight excluding hydrogens is 1150 g/mol. The van der Waals surface area contributed by atoms with Gasteiger partial charge < -0.3 is 91.2 Å². The molecule has 498 valence electrons. The van der Waals surface area contributed by atoms with Gasteiger partial charge in [-0.3, -0.25) is 58.6 Å². The Morgan fingerprint density at radius 1 is 0.506 bits per heavy atom. The Labute approximate surface area is 516 Å². The molecule has 10 amide bonds. The van der Waals surface area contributed by atoms with Gasteiger partial charge in [0, 0.05) is 13.1 Å². The SMILES string of the molecule is CC[C@H](NC(=O)[C@@H](NC(=O)[C@@H]1CCCN1C(=O)[C@H](CCCNC(N)N)NC(=O)[C@@H](N)CC(C)C)C(C)C)C(=O)N[C@@H](CCSC)C(=O)N[C@H](C(=O)N[C@@H](CCCNC(N)N)C(=O)N1CCC[C@H]1C(=O)N[C@H](C(=O)N[C@H](C(=O)O)C(C)C)[C@@H](C)O)C(C)C. The zero-order valence-electron chi connectivity index (χ0n) is 52.8. The number of carboxylic acid groups (broad SMARTS) is 1. The molecule has 30 nitrogen and oxygen atoms in total. The van der Waals surface area contributed by atoms with Crippen LogP contribution >= 0.6 is 11.8 Å². The van der Waals surface area contributed by atoms with Gasteiger partial charge in [-0.15, -0.1) is 0 Å². The highest BCUT2D eigenvalue weighted by Crippen LogP contribution is 2.23. The minimum atomic E-state index is -1.58. The quantitative estimate of drug-likeness (QED) is 0.0206. The van der Waals surface area contributed by atoms with Crippen LogP contribution in [0.5, 0.6) is 0 Å². The number of nitrogens with zero attached hydrogens (tertiary/aromatic N) is 2. The molecule has 0 bridgehead atoms. The Balaban J connectivity index is 2.32. The van der Waals surface area contributed by atoms with E-state index in [1.807, 2.05) is 13.8 Å². The molecule has 0 spiro atoms. The molecule has 0 unspecified atom stereocenters. The Morgan fingerprint density at radius 2 is 0.897 bits per heavy atom. The van der Waals surface area contributed by atoms with E-state index < -0.39 is 168 Å². The molecule has 0 aliphatic carbocycles. The summed E-state index contributed by atoms with van der Waals surface area (Å²) in [5, 5.41) is 47.3. The molecule has 0 aromatic heterocycles. The molecule has 2 heterocycles. The summed E-state index contributed by atoms with van der Waals surface area (Å²) in [6, 6.07) is -13.1. The third-order valence-corrected chi connectivity index (χ3v) is 15.8. The van der Waals surface area contributed by atoms with Crippen LogP contribution in [0.2, 0.25) is 0 Å². The lowest BCUT2D eigenvalue weighted by Gasteiger charge is -2.32. The van der Waals surface area contributed by atoms with Gasteiger partial charge in [-0.1, -0.05) is 62.3 Å². The fourth-order valence-corrected chi connectivity index (χ4v) is 10.7. The van der Waals surface area contributed by atoms with Crippen LogP contribution in [0.15, 0.2) is 0 Å². The first-order valence-corrected chi connectivity index (χ1v) is 31.9. The van der Waals surface area contributed by atoms with Crippen LogP contribution in [0.25, 0.3) is 0 Å². The lowest BCUT2D eigenvalue weighted by molar-refractivity contribution is -0.145. The number of amides is 10.